The first-order chi connectivity index (χ1) is 5.72. The number of rotatable bonds is 1. The van der Waals surface area contributed by atoms with E-state index in [0.717, 1.165) is 6.08 Å². The number of hydrogen-bond donors (Lipinski definition) is 1. The van der Waals surface area contributed by atoms with Gasteiger partial charge in [0.1, 0.15) is 0 Å². The van der Waals surface area contributed by atoms with E-state index in [-0.39, 0.29) is 0 Å². The van der Waals surface area contributed by atoms with Crippen LogP contribution in [-0.4, -0.2) is 6.08 Å². The fourth-order valence-electron chi connectivity index (χ4n) is 0.838. The van der Waals surface area contributed by atoms with Crippen LogP contribution < -0.4 is 0 Å². The minimum atomic E-state index is 0.659. The maximum Gasteiger partial charge on any atom is 0.231 e. The molecule has 0 aliphatic carbocycles. The number of benzene rings is 1. The van der Waals surface area contributed by atoms with Gasteiger partial charge in [0.2, 0.25) is 6.08 Å². The van der Waals surface area contributed by atoms with Gasteiger partial charge in [-0.1, -0.05) is 44.2 Å². The Morgan fingerprint density at radius 2 is 1.67 bits per heavy atom. The van der Waals surface area contributed by atoms with E-state index in [9.17, 15) is 0 Å². The highest BCUT2D eigenvalue weighted by molar-refractivity contribution is 5.26. The van der Waals surface area contributed by atoms with Crippen molar-refractivity contribution in [3.8, 4) is 0 Å². The highest BCUT2D eigenvalue weighted by Crippen LogP contribution is 2.11. The smallest absolute Gasteiger partial charge is 0.222 e. The Bertz CT molecular complexity index is 235. The molecule has 0 heterocycles. The highest BCUT2D eigenvalue weighted by atomic mass is 16.1. The Kier molecular flexibility index (Phi) is 5.58. The van der Waals surface area contributed by atoms with Crippen molar-refractivity contribution in [1.29, 1.82) is 5.41 Å². The van der Waals surface area contributed by atoms with E-state index in [2.05, 4.69) is 38.1 Å². The molecular weight excluding hydrogens is 150 g/mol. The molecule has 0 radical (unpaired) electrons. The van der Waals surface area contributed by atoms with Crippen molar-refractivity contribution >= 4 is 6.08 Å². The van der Waals surface area contributed by atoms with Gasteiger partial charge in [0.05, 0.1) is 0 Å². The fourth-order valence-corrected chi connectivity index (χ4v) is 0.838. The zero-order valence-electron chi connectivity index (χ0n) is 7.37. The Morgan fingerprint density at radius 3 is 1.92 bits per heavy atom. The molecule has 12 heavy (non-hydrogen) atoms. The van der Waals surface area contributed by atoms with Gasteiger partial charge in [0.15, 0.2) is 0 Å². The summed E-state index contributed by atoms with van der Waals surface area (Å²) in [6, 6.07) is 10.5. The Morgan fingerprint density at radius 1 is 1.25 bits per heavy atom. The van der Waals surface area contributed by atoms with Crippen molar-refractivity contribution in [2.75, 3.05) is 0 Å². The molecule has 2 nitrogen and oxygen atoms in total. The third kappa shape index (κ3) is 4.42. The van der Waals surface area contributed by atoms with Crippen LogP contribution in [0, 0.1) is 5.41 Å². The first-order valence-electron chi connectivity index (χ1n) is 3.81. The maximum absolute atomic E-state index is 8.35. The van der Waals surface area contributed by atoms with Crippen LogP contribution in [0.4, 0.5) is 0 Å². The van der Waals surface area contributed by atoms with Crippen molar-refractivity contribution in [2.24, 2.45) is 0 Å². The second-order valence-corrected chi connectivity index (χ2v) is 2.67. The molecule has 0 bridgehead atoms. The number of isocyanates is 1. The summed E-state index contributed by atoms with van der Waals surface area (Å²) in [7, 11) is 0. The first kappa shape index (κ1) is 10.6. The number of hydrogen-bond acceptors (Lipinski definition) is 2. The van der Waals surface area contributed by atoms with Crippen molar-refractivity contribution in [1.82, 2.24) is 0 Å². The summed E-state index contributed by atoms with van der Waals surface area (Å²) >= 11 is 0. The summed E-state index contributed by atoms with van der Waals surface area (Å²) < 4.78 is 0. The van der Waals surface area contributed by atoms with Crippen LogP contribution in [0.25, 0.3) is 0 Å². The van der Waals surface area contributed by atoms with Gasteiger partial charge in [-0.3, -0.25) is 0 Å². The molecule has 1 N–H and O–H groups in total. The van der Waals surface area contributed by atoms with Crippen molar-refractivity contribution < 1.29 is 4.79 Å². The molecule has 1 aromatic carbocycles. The van der Waals surface area contributed by atoms with Gasteiger partial charge in [-0.2, -0.15) is 0 Å². The number of nitrogens with one attached hydrogen (secondary N) is 1. The molecule has 0 saturated carbocycles. The van der Waals surface area contributed by atoms with Crippen molar-refractivity contribution in [2.45, 2.75) is 19.8 Å². The monoisotopic (exact) mass is 163 g/mol. The quantitative estimate of drug-likeness (QED) is 0.502. The highest BCUT2D eigenvalue weighted by Gasteiger charge is 1.93. The largest absolute Gasteiger partial charge is 0.231 e. The molecule has 64 valence electrons. The van der Waals surface area contributed by atoms with Gasteiger partial charge < -0.3 is 0 Å². The molecule has 0 unspecified atom stereocenters. The zero-order valence-corrected chi connectivity index (χ0v) is 7.37. The first-order valence-corrected chi connectivity index (χ1v) is 3.81. The molecule has 0 fully saturated rings. The summed E-state index contributed by atoms with van der Waals surface area (Å²) in [5.74, 6) is 0.659. The third-order valence-corrected chi connectivity index (χ3v) is 1.47. The molecule has 0 atom stereocenters. The van der Waals surface area contributed by atoms with Crippen LogP contribution in [-0.2, 0) is 4.79 Å². The van der Waals surface area contributed by atoms with Gasteiger partial charge >= 0.3 is 0 Å². The minimum absolute atomic E-state index is 0.659. The van der Waals surface area contributed by atoms with Crippen molar-refractivity contribution in [3.05, 3.63) is 35.9 Å². The Balaban J connectivity index is 0.000000354. The van der Waals surface area contributed by atoms with E-state index in [1.165, 1.54) is 5.56 Å². The van der Waals surface area contributed by atoms with E-state index < -0.39 is 0 Å². The molecule has 0 aliphatic heterocycles. The minimum Gasteiger partial charge on any atom is -0.222 e. The summed E-state index contributed by atoms with van der Waals surface area (Å²) in [6.45, 7) is 4.41. The Labute approximate surface area is 72.7 Å². The van der Waals surface area contributed by atoms with Crippen LogP contribution in [0.1, 0.15) is 25.3 Å². The fraction of sp³-hybridized carbons (Fsp3) is 0.300. The van der Waals surface area contributed by atoms with E-state index in [4.69, 9.17) is 10.2 Å². The molecule has 0 spiro atoms. The second kappa shape index (κ2) is 6.32. The number of carbonyl (C=O) groups excluding carboxylic acids is 1. The molecule has 0 aromatic heterocycles. The lowest BCUT2D eigenvalue weighted by Gasteiger charge is -2.01. The molecule has 2 heteroatoms. The molecule has 0 saturated heterocycles. The topological polar surface area (TPSA) is 40.9 Å². The van der Waals surface area contributed by atoms with Gasteiger partial charge in [-0.25, -0.2) is 10.2 Å². The molecular formula is C10H13NO. The lowest BCUT2D eigenvalue weighted by molar-refractivity contribution is 0.563. The van der Waals surface area contributed by atoms with Gasteiger partial charge in [-0.05, 0) is 11.5 Å². The average molecular weight is 163 g/mol. The van der Waals surface area contributed by atoms with Crippen LogP contribution in [0.15, 0.2) is 30.3 Å². The van der Waals surface area contributed by atoms with E-state index in [1.807, 2.05) is 6.07 Å². The maximum atomic E-state index is 8.35. The lowest BCUT2D eigenvalue weighted by Crippen LogP contribution is -1.83. The summed E-state index contributed by atoms with van der Waals surface area (Å²) in [6.07, 6.45) is 0.750. The van der Waals surface area contributed by atoms with E-state index >= 15 is 0 Å². The van der Waals surface area contributed by atoms with Crippen LogP contribution in [0.3, 0.4) is 0 Å². The molecule has 1 rings (SSSR count). The lowest BCUT2D eigenvalue weighted by atomic mass is 10.0. The standard InChI is InChI=1S/C9H12.CHNO/c1-8(2)9-6-4-3-5-7-9;2-1-3/h3-8H,1-2H3;2H. The van der Waals surface area contributed by atoms with Gasteiger partial charge in [0.25, 0.3) is 0 Å². The van der Waals surface area contributed by atoms with Crippen LogP contribution >= 0.6 is 0 Å². The molecule has 0 aliphatic rings. The zero-order chi connectivity index (χ0) is 9.40. The summed E-state index contributed by atoms with van der Waals surface area (Å²) in [5.41, 5.74) is 1.41. The average Bonchev–Trinajstić information content (AvgIpc) is 2.07. The normalized spacial score (nSPS) is 8.25. The van der Waals surface area contributed by atoms with Crippen LogP contribution in [0.2, 0.25) is 0 Å². The predicted octanol–water partition coefficient (Wildman–Crippen LogP) is 2.71. The Hall–Kier alpha value is -1.40. The van der Waals surface area contributed by atoms with E-state index in [0.29, 0.717) is 5.92 Å². The van der Waals surface area contributed by atoms with Gasteiger partial charge in [-0.15, -0.1) is 0 Å². The van der Waals surface area contributed by atoms with Crippen LogP contribution in [0.5, 0.6) is 0 Å². The van der Waals surface area contributed by atoms with E-state index in [1.54, 1.807) is 0 Å². The summed E-state index contributed by atoms with van der Waals surface area (Å²) in [5, 5.41) is 5.40. The van der Waals surface area contributed by atoms with Gasteiger partial charge in [0, 0.05) is 0 Å². The second-order valence-electron chi connectivity index (χ2n) is 2.67. The van der Waals surface area contributed by atoms with Crippen molar-refractivity contribution in [3.63, 3.8) is 0 Å². The third-order valence-electron chi connectivity index (χ3n) is 1.47. The summed E-state index contributed by atoms with van der Waals surface area (Å²) in [4.78, 5) is 8.35. The molecule has 1 aromatic rings. The molecule has 0 amide bonds. The SMILES string of the molecule is CC(C)c1ccccc1.N=C=O. The predicted molar refractivity (Wildman–Crippen MR) is 48.9 cm³/mol.